The molecule has 4 heterocycles. The number of anilines is 1. The van der Waals surface area contributed by atoms with Gasteiger partial charge in [-0.3, -0.25) is 4.79 Å². The summed E-state index contributed by atoms with van der Waals surface area (Å²) >= 11 is 3.08. The van der Waals surface area contributed by atoms with Crippen molar-refractivity contribution >= 4 is 38.7 Å². The van der Waals surface area contributed by atoms with Gasteiger partial charge in [0.25, 0.3) is 5.91 Å². The summed E-state index contributed by atoms with van der Waals surface area (Å²) in [6.45, 7) is 2.06. The normalized spacial score (nSPS) is 13.8. The van der Waals surface area contributed by atoms with Crippen molar-refractivity contribution in [2.24, 2.45) is 0 Å². The Morgan fingerprint density at radius 2 is 1.88 bits per heavy atom. The van der Waals surface area contributed by atoms with Crippen molar-refractivity contribution in [1.82, 2.24) is 24.8 Å². The molecule has 1 atom stereocenters. The first-order chi connectivity index (χ1) is 16.3. The molecule has 3 N–H and O–H groups in total. The van der Waals surface area contributed by atoms with Crippen molar-refractivity contribution in [3.05, 3.63) is 81.0 Å². The first kappa shape index (κ1) is 22.4. The Kier molecular flexibility index (Phi) is 5.74. The van der Waals surface area contributed by atoms with Crippen LogP contribution in [0.5, 0.6) is 0 Å². The predicted octanol–water partition coefficient (Wildman–Crippen LogP) is 4.41. The molecule has 0 bridgehead atoms. The number of nitrogens with zero attached hydrogens (tertiary/aromatic N) is 4. The summed E-state index contributed by atoms with van der Waals surface area (Å²) in [6, 6.07) is 4.85. The maximum Gasteiger partial charge on any atom is 0.271 e. The van der Waals surface area contributed by atoms with E-state index in [0.29, 0.717) is 35.9 Å². The number of fused-ring (bicyclic) bond motifs is 3. The van der Waals surface area contributed by atoms with E-state index >= 15 is 0 Å². The molecular weight excluding hydrogens is 510 g/mol. The Morgan fingerprint density at radius 1 is 1.21 bits per heavy atom. The molecule has 0 saturated heterocycles. The molecule has 11 heteroatoms. The van der Waals surface area contributed by atoms with Gasteiger partial charge in [-0.15, -0.1) is 0 Å². The maximum atomic E-state index is 14.7. The zero-order chi connectivity index (χ0) is 24.0. The molecule has 0 radical (unpaired) electrons. The van der Waals surface area contributed by atoms with Gasteiger partial charge in [-0.05, 0) is 31.2 Å². The van der Waals surface area contributed by atoms with Gasteiger partial charge in [0, 0.05) is 33.6 Å². The number of nitrogens with two attached hydrogens (primary N) is 1. The van der Waals surface area contributed by atoms with Gasteiger partial charge >= 0.3 is 0 Å². The second kappa shape index (κ2) is 8.73. The zero-order valence-electron chi connectivity index (χ0n) is 18.0. The number of aromatic amines is 1. The van der Waals surface area contributed by atoms with Gasteiger partial charge < -0.3 is 20.4 Å². The smallest absolute Gasteiger partial charge is 0.271 e. The average molecular weight is 529 g/mol. The lowest BCUT2D eigenvalue weighted by Crippen LogP contribution is -2.35. The first-order valence-corrected chi connectivity index (χ1v) is 11.2. The number of nitrogens with one attached hydrogen (secondary N) is 1. The van der Waals surface area contributed by atoms with Gasteiger partial charge in [-0.25, -0.2) is 23.7 Å². The second-order valence-electron chi connectivity index (χ2n) is 7.95. The number of hydrogen-bond donors (Lipinski definition) is 2. The Balaban J connectivity index is 1.58. The number of amides is 1. The number of halogens is 3. The van der Waals surface area contributed by atoms with Crippen molar-refractivity contribution in [2.45, 2.75) is 32.7 Å². The summed E-state index contributed by atoms with van der Waals surface area (Å²) in [6.07, 6.45) is 3.09. The van der Waals surface area contributed by atoms with E-state index in [1.54, 1.807) is 31.5 Å². The van der Waals surface area contributed by atoms with Crippen LogP contribution in [0.25, 0.3) is 11.0 Å². The Morgan fingerprint density at radius 3 is 2.59 bits per heavy atom. The quantitative estimate of drug-likeness (QED) is 0.397. The third-order valence-corrected chi connectivity index (χ3v) is 6.32. The number of benzene rings is 1. The van der Waals surface area contributed by atoms with E-state index in [-0.39, 0.29) is 22.3 Å². The van der Waals surface area contributed by atoms with E-state index in [2.05, 4.69) is 35.9 Å². The number of carbonyl (C=O) groups is 1. The molecule has 1 amide bonds. The van der Waals surface area contributed by atoms with Gasteiger partial charge in [-0.1, -0.05) is 15.9 Å². The first-order valence-electron chi connectivity index (χ1n) is 10.4. The zero-order valence-corrected chi connectivity index (χ0v) is 19.6. The van der Waals surface area contributed by atoms with Crippen LogP contribution in [0.4, 0.5) is 14.6 Å². The van der Waals surface area contributed by atoms with Crippen molar-refractivity contribution in [2.75, 3.05) is 5.73 Å². The molecule has 0 fully saturated rings. The number of carbonyl (C=O) groups excluding carboxylic acids is 1. The molecule has 34 heavy (non-hydrogen) atoms. The van der Waals surface area contributed by atoms with Crippen LogP contribution in [0.1, 0.15) is 46.0 Å². The largest absolute Gasteiger partial charge is 0.383 e. The van der Waals surface area contributed by atoms with Gasteiger partial charge in [0.1, 0.15) is 29.0 Å². The Bertz CT molecular complexity index is 1390. The van der Waals surface area contributed by atoms with Crippen molar-refractivity contribution in [3.63, 3.8) is 0 Å². The van der Waals surface area contributed by atoms with Gasteiger partial charge in [-0.2, -0.15) is 0 Å². The summed E-state index contributed by atoms with van der Waals surface area (Å²) < 4.78 is 35.1. The molecule has 0 unspecified atom stereocenters. The number of H-pyrrole nitrogens is 1. The fraction of sp³-hybridized carbons (Fsp3) is 0.217. The number of ether oxygens (including phenoxy) is 1. The van der Waals surface area contributed by atoms with E-state index in [0.717, 1.165) is 23.3 Å². The molecule has 0 saturated carbocycles. The highest BCUT2D eigenvalue weighted by molar-refractivity contribution is 9.10. The molecular formula is C23H19BrF2N6O2. The minimum absolute atomic E-state index is 0.197. The van der Waals surface area contributed by atoms with Crippen LogP contribution in [0, 0.1) is 11.6 Å². The summed E-state index contributed by atoms with van der Waals surface area (Å²) in [5, 5.41) is 0. The second-order valence-corrected chi connectivity index (χ2v) is 8.87. The molecule has 1 aliphatic heterocycles. The molecule has 4 aromatic rings. The third-order valence-electron chi connectivity index (χ3n) is 5.86. The standard InChI is InChI=1S/C23H19BrF2N6O2/c1-11(22-28-3-2-4-29-22)32(8-13-16(25)5-12(24)6-17(13)26)23(33)19-7-18-20(30-19)14-9-34-10-15(14)21(27)31-18/h2-7,11,30H,8-10H2,1H3,(H2,27,31)/t11-/m1/s1. The van der Waals surface area contributed by atoms with Crippen LogP contribution < -0.4 is 5.73 Å². The van der Waals surface area contributed by atoms with E-state index in [1.165, 1.54) is 4.90 Å². The highest BCUT2D eigenvalue weighted by Gasteiger charge is 2.29. The minimum Gasteiger partial charge on any atom is -0.383 e. The van der Waals surface area contributed by atoms with Crippen LogP contribution in [0.15, 0.2) is 41.1 Å². The van der Waals surface area contributed by atoms with Gasteiger partial charge in [0.2, 0.25) is 0 Å². The lowest BCUT2D eigenvalue weighted by molar-refractivity contribution is 0.0656. The molecule has 1 aliphatic rings. The number of aromatic nitrogens is 4. The Hall–Kier alpha value is -3.44. The lowest BCUT2D eigenvalue weighted by atomic mass is 10.1. The van der Waals surface area contributed by atoms with Crippen LogP contribution in [0.2, 0.25) is 0 Å². The fourth-order valence-electron chi connectivity index (χ4n) is 4.05. The van der Waals surface area contributed by atoms with Crippen LogP contribution in [0.3, 0.4) is 0 Å². The van der Waals surface area contributed by atoms with Gasteiger partial charge in [0.05, 0.1) is 36.8 Å². The molecule has 5 rings (SSSR count). The van der Waals surface area contributed by atoms with Crippen LogP contribution >= 0.6 is 15.9 Å². The summed E-state index contributed by atoms with van der Waals surface area (Å²) in [4.78, 5) is 31.0. The topological polar surface area (TPSA) is 110 Å². The number of nitrogen functional groups attached to an aromatic ring is 1. The third kappa shape index (κ3) is 3.90. The van der Waals surface area contributed by atoms with Crippen LogP contribution in [-0.4, -0.2) is 30.7 Å². The van der Waals surface area contributed by atoms with Crippen LogP contribution in [-0.2, 0) is 24.5 Å². The molecule has 8 nitrogen and oxygen atoms in total. The minimum atomic E-state index is -0.771. The SMILES string of the molecule is C[C@H](c1ncccn1)N(Cc1c(F)cc(Br)cc1F)C(=O)c1cc2nc(N)c3c(c2[nH]1)COC3. The van der Waals surface area contributed by atoms with Gasteiger partial charge in [0.15, 0.2) is 0 Å². The fourth-order valence-corrected chi connectivity index (χ4v) is 4.46. The Labute approximate surface area is 201 Å². The van der Waals surface area contributed by atoms with E-state index in [4.69, 9.17) is 10.5 Å². The van der Waals surface area contributed by atoms with Crippen molar-refractivity contribution in [1.29, 1.82) is 0 Å². The summed E-state index contributed by atoms with van der Waals surface area (Å²) in [7, 11) is 0. The predicted molar refractivity (Wildman–Crippen MR) is 123 cm³/mol. The molecule has 1 aromatic carbocycles. The van der Waals surface area contributed by atoms with E-state index in [9.17, 15) is 13.6 Å². The molecule has 0 spiro atoms. The summed E-state index contributed by atoms with van der Waals surface area (Å²) in [5.41, 5.74) is 8.79. The highest BCUT2D eigenvalue weighted by atomic mass is 79.9. The van der Waals surface area contributed by atoms with E-state index < -0.39 is 23.6 Å². The monoisotopic (exact) mass is 528 g/mol. The van der Waals surface area contributed by atoms with Crippen molar-refractivity contribution < 1.29 is 18.3 Å². The lowest BCUT2D eigenvalue weighted by Gasteiger charge is -2.28. The number of hydrogen-bond acceptors (Lipinski definition) is 6. The molecule has 0 aliphatic carbocycles. The number of pyridine rings is 1. The highest BCUT2D eigenvalue weighted by Crippen LogP contribution is 2.32. The van der Waals surface area contributed by atoms with E-state index in [1.807, 2.05) is 0 Å². The van der Waals surface area contributed by atoms with Crippen molar-refractivity contribution in [3.8, 4) is 0 Å². The maximum absolute atomic E-state index is 14.7. The molecule has 174 valence electrons. The summed E-state index contributed by atoms with van der Waals surface area (Å²) in [5.74, 6) is -1.36. The number of rotatable bonds is 5. The average Bonchev–Trinajstić information content (AvgIpc) is 3.46. The molecule has 3 aromatic heterocycles.